The van der Waals surface area contributed by atoms with E-state index in [2.05, 4.69) is 20.1 Å². The van der Waals surface area contributed by atoms with E-state index in [4.69, 9.17) is 4.74 Å². The van der Waals surface area contributed by atoms with Gasteiger partial charge in [-0.15, -0.1) is 0 Å². The Kier molecular flexibility index (Phi) is 6.31. The van der Waals surface area contributed by atoms with Crippen LogP contribution in [0.25, 0.3) is 0 Å². The largest absolute Gasteiger partial charge is 0.444 e. The van der Waals surface area contributed by atoms with Crippen LogP contribution in [-0.2, 0) is 4.74 Å². The van der Waals surface area contributed by atoms with Crippen molar-refractivity contribution in [2.75, 3.05) is 46.8 Å². The Morgan fingerprint density at radius 1 is 1.31 bits per heavy atom. The fourth-order valence-electron chi connectivity index (χ4n) is 3.69. The number of nitrogens with one attached hydrogen (secondary N) is 1. The number of fused-ring (bicyclic) bond motifs is 1. The third kappa shape index (κ3) is 5.38. The highest BCUT2D eigenvalue weighted by atomic mass is 19.1. The highest BCUT2D eigenvalue weighted by molar-refractivity contribution is 5.82. The van der Waals surface area contributed by atoms with Gasteiger partial charge in [-0.25, -0.2) is 9.18 Å². The number of piperazine rings is 1. The summed E-state index contributed by atoms with van der Waals surface area (Å²) in [6.45, 7) is 8.90. The fraction of sp³-hybridized carbons (Fsp3) is 0.619. The molecule has 3 rings (SSSR count). The predicted molar refractivity (Wildman–Crippen MR) is 111 cm³/mol. The van der Waals surface area contributed by atoms with Gasteiger partial charge in [0.15, 0.2) is 5.96 Å². The molecule has 2 heterocycles. The number of carbonyl (C=O) groups excluding carboxylic acids is 1. The standard InChI is InChI=1S/C21H32FN5O2/c1-21(2,3)29-20(28)26-10-11-27-17(14-26)12-23-19(27)24-13-18(25(4)5)15-6-8-16(22)9-7-15/h6-9,17-18H,10-14H2,1-5H3,(H,23,24). The minimum Gasteiger partial charge on any atom is -0.444 e. The van der Waals surface area contributed by atoms with E-state index in [0.29, 0.717) is 26.2 Å². The number of nitrogens with zero attached hydrogens (tertiary/aromatic N) is 4. The van der Waals surface area contributed by atoms with E-state index in [1.807, 2.05) is 47.0 Å². The van der Waals surface area contributed by atoms with Gasteiger partial charge in [0.25, 0.3) is 0 Å². The molecule has 2 aliphatic rings. The van der Waals surface area contributed by atoms with Crippen molar-refractivity contribution < 1.29 is 13.9 Å². The number of guanidine groups is 1. The van der Waals surface area contributed by atoms with Crippen LogP contribution in [0.15, 0.2) is 29.3 Å². The van der Waals surface area contributed by atoms with Crippen molar-refractivity contribution in [1.29, 1.82) is 0 Å². The Labute approximate surface area is 172 Å². The molecule has 2 aliphatic heterocycles. The molecule has 2 unspecified atom stereocenters. The highest BCUT2D eigenvalue weighted by Gasteiger charge is 2.36. The summed E-state index contributed by atoms with van der Waals surface area (Å²) >= 11 is 0. The summed E-state index contributed by atoms with van der Waals surface area (Å²) in [7, 11) is 4.02. The van der Waals surface area contributed by atoms with Gasteiger partial charge in [0.1, 0.15) is 11.4 Å². The average Bonchev–Trinajstić information content (AvgIpc) is 3.04. The molecule has 1 aromatic carbocycles. The van der Waals surface area contributed by atoms with Crippen LogP contribution in [0.5, 0.6) is 0 Å². The molecule has 0 saturated carbocycles. The van der Waals surface area contributed by atoms with Crippen molar-refractivity contribution in [1.82, 2.24) is 20.0 Å². The van der Waals surface area contributed by atoms with E-state index in [-0.39, 0.29) is 24.0 Å². The maximum absolute atomic E-state index is 13.3. The monoisotopic (exact) mass is 405 g/mol. The van der Waals surface area contributed by atoms with Crippen LogP contribution >= 0.6 is 0 Å². The number of aliphatic imine (C=N–C) groups is 1. The van der Waals surface area contributed by atoms with Crippen LogP contribution in [0.2, 0.25) is 0 Å². The van der Waals surface area contributed by atoms with Crippen molar-refractivity contribution in [2.45, 2.75) is 38.5 Å². The number of amides is 1. The number of likely N-dealkylation sites (N-methyl/N-ethyl adjacent to an activating group) is 1. The number of ether oxygens (including phenoxy) is 1. The molecule has 1 saturated heterocycles. The summed E-state index contributed by atoms with van der Waals surface area (Å²) in [6, 6.07) is 6.89. The number of carbonyl (C=O) groups is 1. The maximum Gasteiger partial charge on any atom is 0.410 e. The van der Waals surface area contributed by atoms with Gasteiger partial charge < -0.3 is 24.8 Å². The van der Waals surface area contributed by atoms with Gasteiger partial charge in [-0.1, -0.05) is 12.1 Å². The molecule has 1 aromatic rings. The van der Waals surface area contributed by atoms with Crippen molar-refractivity contribution in [3.8, 4) is 0 Å². The molecule has 7 nitrogen and oxygen atoms in total. The first-order valence-electron chi connectivity index (χ1n) is 10.1. The summed E-state index contributed by atoms with van der Waals surface area (Å²) in [5.41, 5.74) is 0.558. The van der Waals surface area contributed by atoms with Gasteiger partial charge in [-0.05, 0) is 52.6 Å². The zero-order chi connectivity index (χ0) is 21.2. The SMILES string of the molecule is CN(C)C(CNC1=NCC2CN(C(=O)OC(C)(C)C)CCN12)c1ccc(F)cc1. The molecule has 0 radical (unpaired) electrons. The van der Waals surface area contributed by atoms with E-state index in [1.54, 1.807) is 4.90 Å². The van der Waals surface area contributed by atoms with E-state index < -0.39 is 5.60 Å². The molecule has 1 N–H and O–H groups in total. The van der Waals surface area contributed by atoms with Crippen molar-refractivity contribution in [3.63, 3.8) is 0 Å². The van der Waals surface area contributed by atoms with Gasteiger partial charge >= 0.3 is 6.09 Å². The smallest absolute Gasteiger partial charge is 0.410 e. The van der Waals surface area contributed by atoms with Crippen LogP contribution in [0, 0.1) is 5.82 Å². The minimum absolute atomic E-state index is 0.0976. The van der Waals surface area contributed by atoms with Crippen LogP contribution in [-0.4, -0.2) is 85.2 Å². The minimum atomic E-state index is -0.491. The lowest BCUT2D eigenvalue weighted by Gasteiger charge is -2.39. The molecular weight excluding hydrogens is 373 g/mol. The molecule has 29 heavy (non-hydrogen) atoms. The average molecular weight is 406 g/mol. The summed E-state index contributed by atoms with van der Waals surface area (Å²) in [5, 5.41) is 3.46. The summed E-state index contributed by atoms with van der Waals surface area (Å²) in [5.74, 6) is 0.637. The highest BCUT2D eigenvalue weighted by Crippen LogP contribution is 2.21. The van der Waals surface area contributed by atoms with Crippen LogP contribution in [0.3, 0.4) is 0 Å². The Hall–Kier alpha value is -2.35. The Morgan fingerprint density at radius 3 is 2.62 bits per heavy atom. The van der Waals surface area contributed by atoms with Crippen molar-refractivity contribution in [2.24, 2.45) is 4.99 Å². The molecule has 1 fully saturated rings. The molecule has 0 aliphatic carbocycles. The number of hydrogen-bond acceptors (Lipinski definition) is 6. The van der Waals surface area contributed by atoms with E-state index >= 15 is 0 Å². The molecule has 0 bridgehead atoms. The Bertz CT molecular complexity index is 744. The Balaban J connectivity index is 1.56. The molecule has 1 amide bonds. The topological polar surface area (TPSA) is 60.4 Å². The maximum atomic E-state index is 13.3. The van der Waals surface area contributed by atoms with Gasteiger partial charge in [-0.2, -0.15) is 0 Å². The fourth-order valence-corrected chi connectivity index (χ4v) is 3.69. The molecular formula is C21H32FN5O2. The van der Waals surface area contributed by atoms with Crippen LogP contribution in [0.1, 0.15) is 32.4 Å². The first-order valence-corrected chi connectivity index (χ1v) is 10.1. The zero-order valence-electron chi connectivity index (χ0n) is 18.0. The molecule has 0 spiro atoms. The normalized spacial score (nSPS) is 20.4. The third-order valence-corrected chi connectivity index (χ3v) is 5.19. The molecule has 8 heteroatoms. The third-order valence-electron chi connectivity index (χ3n) is 5.19. The summed E-state index contributed by atoms with van der Waals surface area (Å²) in [4.78, 5) is 23.1. The van der Waals surface area contributed by atoms with Crippen molar-refractivity contribution in [3.05, 3.63) is 35.6 Å². The van der Waals surface area contributed by atoms with Crippen molar-refractivity contribution >= 4 is 12.1 Å². The first-order chi connectivity index (χ1) is 13.6. The number of hydrogen-bond donors (Lipinski definition) is 1. The first kappa shape index (κ1) is 21.4. The lowest BCUT2D eigenvalue weighted by atomic mass is 10.1. The van der Waals surface area contributed by atoms with E-state index in [9.17, 15) is 9.18 Å². The van der Waals surface area contributed by atoms with Crippen LogP contribution < -0.4 is 5.32 Å². The second kappa shape index (κ2) is 8.57. The number of rotatable bonds is 4. The van der Waals surface area contributed by atoms with E-state index in [1.165, 1.54) is 12.1 Å². The lowest BCUT2D eigenvalue weighted by Crippen LogP contribution is -2.58. The second-order valence-corrected chi connectivity index (χ2v) is 8.85. The lowest BCUT2D eigenvalue weighted by molar-refractivity contribution is 0.0137. The molecule has 0 aromatic heterocycles. The van der Waals surface area contributed by atoms with Gasteiger partial charge in [0.2, 0.25) is 0 Å². The number of benzene rings is 1. The predicted octanol–water partition coefficient (Wildman–Crippen LogP) is 2.31. The summed E-state index contributed by atoms with van der Waals surface area (Å²) in [6.07, 6.45) is -0.262. The van der Waals surface area contributed by atoms with E-state index in [0.717, 1.165) is 18.1 Å². The summed E-state index contributed by atoms with van der Waals surface area (Å²) < 4.78 is 18.8. The molecule has 160 valence electrons. The quantitative estimate of drug-likeness (QED) is 0.833. The second-order valence-electron chi connectivity index (χ2n) is 8.85. The Morgan fingerprint density at radius 2 is 2.00 bits per heavy atom. The number of halogens is 1. The van der Waals surface area contributed by atoms with Crippen LogP contribution in [0.4, 0.5) is 9.18 Å². The van der Waals surface area contributed by atoms with Gasteiger partial charge in [0.05, 0.1) is 18.6 Å². The van der Waals surface area contributed by atoms with Gasteiger partial charge in [0, 0.05) is 26.2 Å². The molecule has 2 atom stereocenters. The zero-order valence-corrected chi connectivity index (χ0v) is 18.0. The van der Waals surface area contributed by atoms with Gasteiger partial charge in [-0.3, -0.25) is 4.99 Å².